The fraction of sp³-hybridized carbons (Fsp3) is 0.692. The average molecular weight is 240 g/mol. The van der Waals surface area contributed by atoms with Crippen molar-refractivity contribution < 1.29 is 0 Å². The standard InChI is InChI=1S/C13H24N2S/c1-12(2,13(3,4)14)10-15(5)9-11-7-6-8-16-11/h6-8H,9-10,14H2,1-5H3. The molecular formula is C13H24N2S. The van der Waals surface area contributed by atoms with E-state index in [1.807, 2.05) is 11.3 Å². The van der Waals surface area contributed by atoms with E-state index >= 15 is 0 Å². The molecule has 0 aliphatic rings. The first-order valence-electron chi connectivity index (χ1n) is 5.72. The first kappa shape index (κ1) is 13.7. The number of hydrogen-bond donors (Lipinski definition) is 1. The maximum atomic E-state index is 6.21. The van der Waals surface area contributed by atoms with Crippen LogP contribution in [-0.4, -0.2) is 24.0 Å². The van der Waals surface area contributed by atoms with E-state index in [1.54, 1.807) is 0 Å². The van der Waals surface area contributed by atoms with Crippen LogP contribution in [0.2, 0.25) is 0 Å². The Labute approximate surface area is 103 Å². The Kier molecular flexibility index (Phi) is 4.16. The molecule has 0 amide bonds. The van der Waals surface area contributed by atoms with Crippen LogP contribution in [0, 0.1) is 5.41 Å². The normalized spacial score (nSPS) is 13.4. The fourth-order valence-electron chi connectivity index (χ4n) is 1.60. The monoisotopic (exact) mass is 240 g/mol. The molecule has 1 rings (SSSR count). The third-order valence-corrected chi connectivity index (χ3v) is 4.28. The summed E-state index contributed by atoms with van der Waals surface area (Å²) >= 11 is 1.81. The van der Waals surface area contributed by atoms with E-state index in [4.69, 9.17) is 5.73 Å². The van der Waals surface area contributed by atoms with Crippen LogP contribution in [-0.2, 0) is 6.54 Å². The summed E-state index contributed by atoms with van der Waals surface area (Å²) in [6, 6.07) is 4.29. The highest BCUT2D eigenvalue weighted by atomic mass is 32.1. The molecule has 1 heterocycles. The summed E-state index contributed by atoms with van der Waals surface area (Å²) in [6.45, 7) is 10.7. The summed E-state index contributed by atoms with van der Waals surface area (Å²) in [5.74, 6) is 0. The predicted octanol–water partition coefficient (Wildman–Crippen LogP) is 2.94. The fourth-order valence-corrected chi connectivity index (χ4v) is 2.39. The highest BCUT2D eigenvalue weighted by Gasteiger charge is 2.34. The second-order valence-corrected chi connectivity index (χ2v) is 6.89. The van der Waals surface area contributed by atoms with E-state index in [-0.39, 0.29) is 11.0 Å². The van der Waals surface area contributed by atoms with Crippen LogP contribution < -0.4 is 5.73 Å². The van der Waals surface area contributed by atoms with Crippen LogP contribution >= 0.6 is 11.3 Å². The second-order valence-electron chi connectivity index (χ2n) is 5.86. The second kappa shape index (κ2) is 4.86. The molecule has 0 aliphatic carbocycles. The molecule has 2 N–H and O–H groups in total. The van der Waals surface area contributed by atoms with Crippen molar-refractivity contribution in [2.75, 3.05) is 13.6 Å². The van der Waals surface area contributed by atoms with E-state index in [9.17, 15) is 0 Å². The van der Waals surface area contributed by atoms with Gasteiger partial charge in [-0.3, -0.25) is 0 Å². The zero-order valence-corrected chi connectivity index (χ0v) is 11.9. The van der Waals surface area contributed by atoms with Crippen molar-refractivity contribution in [1.29, 1.82) is 0 Å². The number of nitrogens with two attached hydrogens (primary N) is 1. The Morgan fingerprint density at radius 1 is 1.31 bits per heavy atom. The number of nitrogens with zero attached hydrogens (tertiary/aromatic N) is 1. The molecule has 0 spiro atoms. The number of rotatable bonds is 5. The topological polar surface area (TPSA) is 29.3 Å². The molecule has 0 fully saturated rings. The predicted molar refractivity (Wildman–Crippen MR) is 72.7 cm³/mol. The maximum Gasteiger partial charge on any atom is 0.0325 e. The molecule has 0 unspecified atom stereocenters. The van der Waals surface area contributed by atoms with Gasteiger partial charge in [-0.25, -0.2) is 0 Å². The van der Waals surface area contributed by atoms with Crippen molar-refractivity contribution >= 4 is 11.3 Å². The van der Waals surface area contributed by atoms with Crippen LogP contribution in [0.3, 0.4) is 0 Å². The van der Waals surface area contributed by atoms with Gasteiger partial charge in [0.1, 0.15) is 0 Å². The van der Waals surface area contributed by atoms with Gasteiger partial charge in [-0.05, 0) is 37.8 Å². The van der Waals surface area contributed by atoms with Crippen LogP contribution in [0.15, 0.2) is 17.5 Å². The molecular weight excluding hydrogens is 216 g/mol. The zero-order chi connectivity index (χ0) is 12.4. The third kappa shape index (κ3) is 3.58. The lowest BCUT2D eigenvalue weighted by Gasteiger charge is -2.41. The SMILES string of the molecule is CN(Cc1cccs1)CC(C)(C)C(C)(C)N. The molecule has 0 saturated heterocycles. The molecule has 0 aliphatic heterocycles. The van der Waals surface area contributed by atoms with Crippen LogP contribution in [0.25, 0.3) is 0 Å². The van der Waals surface area contributed by atoms with Gasteiger partial charge < -0.3 is 10.6 Å². The minimum atomic E-state index is -0.156. The van der Waals surface area contributed by atoms with E-state index in [1.165, 1.54) is 4.88 Å². The zero-order valence-electron chi connectivity index (χ0n) is 11.1. The van der Waals surface area contributed by atoms with Gasteiger partial charge in [-0.2, -0.15) is 0 Å². The lowest BCUT2D eigenvalue weighted by Crippen LogP contribution is -2.52. The van der Waals surface area contributed by atoms with Crippen molar-refractivity contribution in [3.63, 3.8) is 0 Å². The number of hydrogen-bond acceptors (Lipinski definition) is 3. The Morgan fingerprint density at radius 2 is 1.94 bits per heavy atom. The van der Waals surface area contributed by atoms with Crippen LogP contribution in [0.5, 0.6) is 0 Å². The first-order valence-corrected chi connectivity index (χ1v) is 6.60. The first-order chi connectivity index (χ1) is 7.22. The summed E-state index contributed by atoms with van der Waals surface area (Å²) in [5, 5.41) is 2.13. The molecule has 92 valence electrons. The van der Waals surface area contributed by atoms with E-state index in [0.717, 1.165) is 13.1 Å². The van der Waals surface area contributed by atoms with Gasteiger partial charge in [0.05, 0.1) is 0 Å². The summed E-state index contributed by atoms with van der Waals surface area (Å²) in [7, 11) is 2.16. The van der Waals surface area contributed by atoms with Crippen molar-refractivity contribution in [3.8, 4) is 0 Å². The third-order valence-electron chi connectivity index (χ3n) is 3.42. The molecule has 0 atom stereocenters. The molecule has 0 aromatic carbocycles. The molecule has 0 saturated carbocycles. The Balaban J connectivity index is 2.54. The Hall–Kier alpha value is -0.380. The Morgan fingerprint density at radius 3 is 2.38 bits per heavy atom. The highest BCUT2D eigenvalue weighted by molar-refractivity contribution is 7.09. The Bertz CT molecular complexity index is 309. The molecule has 16 heavy (non-hydrogen) atoms. The van der Waals surface area contributed by atoms with Gasteiger partial charge in [0.2, 0.25) is 0 Å². The smallest absolute Gasteiger partial charge is 0.0325 e. The lowest BCUT2D eigenvalue weighted by molar-refractivity contribution is 0.127. The van der Waals surface area contributed by atoms with Crippen LogP contribution in [0.1, 0.15) is 32.6 Å². The van der Waals surface area contributed by atoms with Crippen molar-refractivity contribution in [1.82, 2.24) is 4.90 Å². The van der Waals surface area contributed by atoms with Gasteiger partial charge in [-0.1, -0.05) is 19.9 Å². The van der Waals surface area contributed by atoms with Gasteiger partial charge in [0, 0.05) is 23.5 Å². The number of thiophene rings is 1. The summed E-state index contributed by atoms with van der Waals surface area (Å²) in [5.41, 5.74) is 6.16. The van der Waals surface area contributed by atoms with Gasteiger partial charge in [0.15, 0.2) is 0 Å². The largest absolute Gasteiger partial charge is 0.325 e. The van der Waals surface area contributed by atoms with Gasteiger partial charge >= 0.3 is 0 Å². The maximum absolute atomic E-state index is 6.21. The van der Waals surface area contributed by atoms with Crippen molar-refractivity contribution in [2.45, 2.75) is 39.8 Å². The average Bonchev–Trinajstić information content (AvgIpc) is 2.52. The molecule has 1 aromatic rings. The molecule has 3 heteroatoms. The molecule has 0 radical (unpaired) electrons. The van der Waals surface area contributed by atoms with Crippen molar-refractivity contribution in [3.05, 3.63) is 22.4 Å². The molecule has 0 bridgehead atoms. The van der Waals surface area contributed by atoms with Gasteiger partial charge in [0.25, 0.3) is 0 Å². The minimum Gasteiger partial charge on any atom is -0.325 e. The summed E-state index contributed by atoms with van der Waals surface area (Å²) in [4.78, 5) is 3.76. The molecule has 2 nitrogen and oxygen atoms in total. The van der Waals surface area contributed by atoms with E-state index in [2.05, 4.69) is 57.2 Å². The minimum absolute atomic E-state index is 0.110. The van der Waals surface area contributed by atoms with Crippen molar-refractivity contribution in [2.24, 2.45) is 11.1 Å². The summed E-state index contributed by atoms with van der Waals surface area (Å²) < 4.78 is 0. The quantitative estimate of drug-likeness (QED) is 0.857. The van der Waals surface area contributed by atoms with Gasteiger partial charge in [-0.15, -0.1) is 11.3 Å². The van der Waals surface area contributed by atoms with Crippen LogP contribution in [0.4, 0.5) is 0 Å². The molecule has 1 aromatic heterocycles. The highest BCUT2D eigenvalue weighted by Crippen LogP contribution is 2.29. The van der Waals surface area contributed by atoms with E-state index in [0.29, 0.717) is 0 Å². The van der Waals surface area contributed by atoms with E-state index < -0.39 is 0 Å². The lowest BCUT2D eigenvalue weighted by atomic mass is 9.75. The summed E-state index contributed by atoms with van der Waals surface area (Å²) in [6.07, 6.45) is 0.